The number of hydrogen-bond acceptors (Lipinski definition) is 7. The lowest BCUT2D eigenvalue weighted by Crippen LogP contribution is -2.34. The number of carbonyl (C=O) groups is 2. The largest absolute Gasteiger partial charge is 0.483 e. The number of rotatable bonds is 12. The van der Waals surface area contributed by atoms with E-state index in [9.17, 15) is 14.4 Å². The van der Waals surface area contributed by atoms with Crippen LogP contribution in [-0.4, -0.2) is 46.0 Å². The Balaban J connectivity index is 1.61. The summed E-state index contributed by atoms with van der Waals surface area (Å²) in [6, 6.07) is 10.6. The van der Waals surface area contributed by atoms with Crippen molar-refractivity contribution < 1.29 is 14.3 Å². The van der Waals surface area contributed by atoms with Crippen LogP contribution in [0.4, 0.5) is 5.82 Å². The summed E-state index contributed by atoms with van der Waals surface area (Å²) in [6.45, 7) is 4.28. The van der Waals surface area contributed by atoms with E-state index in [0.717, 1.165) is 5.69 Å². The number of hydrogen-bond donors (Lipinski definition) is 3. The molecule has 2 amide bonds. The van der Waals surface area contributed by atoms with Gasteiger partial charge in [-0.1, -0.05) is 17.7 Å². The molecule has 0 spiro atoms. The van der Waals surface area contributed by atoms with Gasteiger partial charge in [-0.15, -0.1) is 0 Å². The Hall–Kier alpha value is -3.92. The van der Waals surface area contributed by atoms with Crippen LogP contribution < -0.4 is 26.2 Å². The van der Waals surface area contributed by atoms with Crippen molar-refractivity contribution in [2.45, 2.75) is 33.4 Å². The second-order valence-electron chi connectivity index (χ2n) is 7.91. The topological polar surface area (TPSA) is 127 Å². The molecule has 0 radical (unpaired) electrons. The van der Waals surface area contributed by atoms with Crippen LogP contribution in [-0.2, 0) is 29.1 Å². The molecule has 36 heavy (non-hydrogen) atoms. The monoisotopic (exact) mass is 512 g/mol. The number of aromatic nitrogens is 3. The van der Waals surface area contributed by atoms with Crippen molar-refractivity contribution in [1.82, 2.24) is 25.2 Å². The maximum Gasteiger partial charge on any atom is 0.293 e. The SMILES string of the molecule is CCNC(=O)COc1ccc(Cl)cc1CNC(=O)Cn1c(C)cnc(NCCc2ccccn2)c1=O. The second-order valence-corrected chi connectivity index (χ2v) is 8.34. The molecule has 2 aromatic heterocycles. The zero-order valence-corrected chi connectivity index (χ0v) is 21.0. The van der Waals surface area contributed by atoms with E-state index in [0.29, 0.717) is 41.5 Å². The molecular weight excluding hydrogens is 484 g/mol. The molecule has 0 aliphatic carbocycles. The molecule has 3 N–H and O–H groups in total. The fourth-order valence-electron chi connectivity index (χ4n) is 3.36. The number of halogens is 1. The predicted octanol–water partition coefficient (Wildman–Crippen LogP) is 2.09. The van der Waals surface area contributed by atoms with Gasteiger partial charge in [0.15, 0.2) is 12.4 Å². The van der Waals surface area contributed by atoms with Crippen LogP contribution in [0.1, 0.15) is 23.9 Å². The number of nitrogens with one attached hydrogen (secondary N) is 3. The molecule has 190 valence electrons. The van der Waals surface area contributed by atoms with E-state index in [4.69, 9.17) is 16.3 Å². The first-order valence-electron chi connectivity index (χ1n) is 11.5. The molecule has 0 aliphatic heterocycles. The quantitative estimate of drug-likeness (QED) is 0.339. The Labute approximate surface area is 214 Å². The standard InChI is InChI=1S/C25H29ClN6O4/c1-3-27-23(34)16-36-21-8-7-19(26)12-18(21)14-30-22(33)15-32-17(2)13-31-24(25(32)35)29-11-9-20-6-4-5-10-28-20/h4-8,10,12-13H,3,9,11,14-16H2,1-2H3,(H,27,34)(H,29,31)(H,30,33). The van der Waals surface area contributed by atoms with Gasteiger partial charge in [-0.05, 0) is 44.2 Å². The Morgan fingerprint density at radius 2 is 1.94 bits per heavy atom. The summed E-state index contributed by atoms with van der Waals surface area (Å²) in [5.74, 6) is -0.0253. The minimum atomic E-state index is -0.389. The van der Waals surface area contributed by atoms with Crippen LogP contribution >= 0.6 is 11.6 Å². The van der Waals surface area contributed by atoms with Crippen LogP contribution in [0.15, 0.2) is 53.6 Å². The zero-order chi connectivity index (χ0) is 25.9. The number of carbonyl (C=O) groups excluding carboxylic acids is 2. The second kappa shape index (κ2) is 13.2. The first-order chi connectivity index (χ1) is 17.4. The molecular formula is C25H29ClN6O4. The number of amides is 2. The maximum atomic E-state index is 12.9. The van der Waals surface area contributed by atoms with Crippen molar-refractivity contribution in [2.24, 2.45) is 0 Å². The molecule has 0 unspecified atom stereocenters. The molecule has 0 saturated heterocycles. The van der Waals surface area contributed by atoms with Gasteiger partial charge >= 0.3 is 0 Å². The fraction of sp³-hybridized carbons (Fsp3) is 0.320. The number of pyridine rings is 1. The Morgan fingerprint density at radius 3 is 2.69 bits per heavy atom. The van der Waals surface area contributed by atoms with E-state index in [2.05, 4.69) is 25.9 Å². The van der Waals surface area contributed by atoms with Gasteiger partial charge in [-0.3, -0.25) is 23.9 Å². The average molecular weight is 513 g/mol. The number of likely N-dealkylation sites (N-methyl/N-ethyl adjacent to an activating group) is 1. The molecule has 0 saturated carbocycles. The third-order valence-corrected chi connectivity index (χ3v) is 5.42. The van der Waals surface area contributed by atoms with Gasteiger partial charge in [0.2, 0.25) is 5.91 Å². The van der Waals surface area contributed by atoms with Gasteiger partial charge in [0.25, 0.3) is 11.5 Å². The first kappa shape index (κ1) is 26.7. The van der Waals surface area contributed by atoms with Crippen molar-refractivity contribution in [3.8, 4) is 5.75 Å². The molecule has 0 atom stereocenters. The highest BCUT2D eigenvalue weighted by atomic mass is 35.5. The summed E-state index contributed by atoms with van der Waals surface area (Å²) < 4.78 is 6.94. The van der Waals surface area contributed by atoms with E-state index in [-0.39, 0.29) is 42.9 Å². The van der Waals surface area contributed by atoms with Gasteiger partial charge in [0, 0.05) is 60.4 Å². The summed E-state index contributed by atoms with van der Waals surface area (Å²) in [7, 11) is 0. The fourth-order valence-corrected chi connectivity index (χ4v) is 3.55. The highest BCUT2D eigenvalue weighted by molar-refractivity contribution is 6.30. The highest BCUT2D eigenvalue weighted by Gasteiger charge is 2.13. The Morgan fingerprint density at radius 1 is 1.11 bits per heavy atom. The number of aryl methyl sites for hydroxylation is 1. The summed E-state index contributed by atoms with van der Waals surface area (Å²) in [5.41, 5.74) is 1.67. The van der Waals surface area contributed by atoms with Gasteiger partial charge in [0.05, 0.1) is 0 Å². The third-order valence-electron chi connectivity index (χ3n) is 5.19. The maximum absolute atomic E-state index is 12.9. The molecule has 3 aromatic rings. The van der Waals surface area contributed by atoms with E-state index >= 15 is 0 Å². The zero-order valence-electron chi connectivity index (χ0n) is 20.2. The van der Waals surface area contributed by atoms with Gasteiger partial charge in [-0.2, -0.15) is 0 Å². The van der Waals surface area contributed by atoms with Crippen LogP contribution in [0.2, 0.25) is 5.02 Å². The van der Waals surface area contributed by atoms with Crippen molar-refractivity contribution in [2.75, 3.05) is 25.0 Å². The van der Waals surface area contributed by atoms with Gasteiger partial charge in [-0.25, -0.2) is 4.98 Å². The molecule has 10 nitrogen and oxygen atoms in total. The van der Waals surface area contributed by atoms with Gasteiger partial charge < -0.3 is 20.7 Å². The first-order valence-corrected chi connectivity index (χ1v) is 11.9. The molecule has 1 aromatic carbocycles. The van der Waals surface area contributed by atoms with E-state index in [1.54, 1.807) is 37.5 Å². The van der Waals surface area contributed by atoms with E-state index in [1.165, 1.54) is 4.57 Å². The molecule has 3 rings (SSSR count). The van der Waals surface area contributed by atoms with Crippen LogP contribution in [0.25, 0.3) is 0 Å². The summed E-state index contributed by atoms with van der Waals surface area (Å²) in [5, 5.41) is 8.93. The van der Waals surface area contributed by atoms with E-state index in [1.807, 2.05) is 25.1 Å². The average Bonchev–Trinajstić information content (AvgIpc) is 2.87. The third kappa shape index (κ3) is 7.81. The van der Waals surface area contributed by atoms with Crippen LogP contribution in [0.3, 0.4) is 0 Å². The summed E-state index contributed by atoms with van der Waals surface area (Å²) in [4.78, 5) is 45.8. The number of benzene rings is 1. The smallest absolute Gasteiger partial charge is 0.293 e. The Kier molecular flexibility index (Phi) is 9.82. The van der Waals surface area contributed by atoms with Gasteiger partial charge in [0.1, 0.15) is 12.3 Å². The van der Waals surface area contributed by atoms with E-state index < -0.39 is 0 Å². The summed E-state index contributed by atoms with van der Waals surface area (Å²) >= 11 is 6.10. The molecule has 0 aliphatic rings. The van der Waals surface area contributed by atoms with Crippen LogP contribution in [0, 0.1) is 6.92 Å². The van der Waals surface area contributed by atoms with Crippen molar-refractivity contribution >= 4 is 29.2 Å². The summed E-state index contributed by atoms with van der Waals surface area (Å²) in [6.07, 6.45) is 3.88. The van der Waals surface area contributed by atoms with Crippen molar-refractivity contribution in [1.29, 1.82) is 0 Å². The normalized spacial score (nSPS) is 10.5. The number of anilines is 1. The number of nitrogens with zero attached hydrogens (tertiary/aromatic N) is 3. The minimum absolute atomic E-state index is 0.109. The minimum Gasteiger partial charge on any atom is -0.483 e. The Bertz CT molecular complexity index is 1250. The number of ether oxygens (including phenoxy) is 1. The molecule has 0 bridgehead atoms. The molecule has 0 fully saturated rings. The lowest BCUT2D eigenvalue weighted by molar-refractivity contribution is -0.123. The highest BCUT2D eigenvalue weighted by Crippen LogP contribution is 2.23. The van der Waals surface area contributed by atoms with Crippen LogP contribution in [0.5, 0.6) is 5.75 Å². The van der Waals surface area contributed by atoms with Crippen molar-refractivity contribution in [3.63, 3.8) is 0 Å². The molecule has 11 heteroatoms. The lowest BCUT2D eigenvalue weighted by Gasteiger charge is -2.14. The van der Waals surface area contributed by atoms with Crippen molar-refractivity contribution in [3.05, 3.63) is 81.1 Å². The predicted molar refractivity (Wildman–Crippen MR) is 137 cm³/mol. The lowest BCUT2D eigenvalue weighted by atomic mass is 10.2. The molecule has 2 heterocycles.